The monoisotopic (exact) mass is 273 g/mol. The first-order valence-corrected chi connectivity index (χ1v) is 6.80. The molecule has 0 aliphatic carbocycles. The lowest BCUT2D eigenvalue weighted by molar-refractivity contribution is -0.111. The van der Waals surface area contributed by atoms with Crippen molar-refractivity contribution in [3.05, 3.63) is 57.8 Å². The van der Waals surface area contributed by atoms with Crippen LogP contribution in [0.3, 0.4) is 0 Å². The fourth-order valence-corrected chi connectivity index (χ4v) is 2.40. The van der Waals surface area contributed by atoms with Gasteiger partial charge < -0.3 is 10.4 Å². The lowest BCUT2D eigenvalue weighted by Gasteiger charge is -2.02. The molecule has 0 aliphatic heterocycles. The number of amides is 1. The summed E-state index contributed by atoms with van der Waals surface area (Å²) in [4.78, 5) is 12.8. The predicted molar refractivity (Wildman–Crippen MR) is 79.1 cm³/mol. The fourth-order valence-electron chi connectivity index (χ4n) is 1.58. The molecular weight excluding hydrogens is 258 g/mol. The number of rotatable bonds is 4. The van der Waals surface area contributed by atoms with Gasteiger partial charge in [-0.05, 0) is 47.7 Å². The fraction of sp³-hybridized carbons (Fsp3) is 0.133. The van der Waals surface area contributed by atoms with E-state index in [4.69, 9.17) is 5.11 Å². The molecule has 1 aromatic heterocycles. The van der Waals surface area contributed by atoms with Crippen LogP contribution < -0.4 is 5.32 Å². The first kappa shape index (κ1) is 13.5. The summed E-state index contributed by atoms with van der Waals surface area (Å²) in [5.41, 5.74) is 2.71. The Kier molecular flexibility index (Phi) is 4.49. The molecule has 19 heavy (non-hydrogen) atoms. The lowest BCUT2D eigenvalue weighted by Crippen LogP contribution is -2.07. The number of anilines is 1. The highest BCUT2D eigenvalue weighted by Crippen LogP contribution is 2.17. The van der Waals surface area contributed by atoms with Crippen molar-refractivity contribution in [3.8, 4) is 0 Å². The van der Waals surface area contributed by atoms with Crippen LogP contribution in [0.2, 0.25) is 0 Å². The van der Waals surface area contributed by atoms with Crippen molar-refractivity contribution in [2.75, 3.05) is 5.32 Å². The Morgan fingerprint density at radius 2 is 2.05 bits per heavy atom. The maximum absolute atomic E-state index is 11.7. The Morgan fingerprint density at radius 3 is 2.63 bits per heavy atom. The molecule has 0 unspecified atom stereocenters. The minimum Gasteiger partial charge on any atom is -0.392 e. The molecule has 1 amide bonds. The Bertz CT molecular complexity index is 584. The molecule has 4 heteroatoms. The second-order valence-electron chi connectivity index (χ2n) is 4.15. The van der Waals surface area contributed by atoms with E-state index in [9.17, 15) is 4.79 Å². The van der Waals surface area contributed by atoms with Crippen LogP contribution in [0.4, 0.5) is 5.69 Å². The van der Waals surface area contributed by atoms with Crippen molar-refractivity contribution in [2.45, 2.75) is 13.5 Å². The molecule has 0 saturated carbocycles. The number of hydrogen-bond acceptors (Lipinski definition) is 3. The van der Waals surface area contributed by atoms with Gasteiger partial charge in [0.2, 0.25) is 5.91 Å². The van der Waals surface area contributed by atoms with Crippen molar-refractivity contribution in [1.29, 1.82) is 0 Å². The Morgan fingerprint density at radius 1 is 1.32 bits per heavy atom. The molecule has 3 nitrogen and oxygen atoms in total. The highest BCUT2D eigenvalue weighted by molar-refractivity contribution is 7.11. The van der Waals surface area contributed by atoms with Gasteiger partial charge in [0.05, 0.1) is 6.61 Å². The highest BCUT2D eigenvalue weighted by Gasteiger charge is 1.99. The number of aryl methyl sites for hydroxylation is 1. The van der Waals surface area contributed by atoms with E-state index in [1.807, 2.05) is 24.4 Å². The van der Waals surface area contributed by atoms with Gasteiger partial charge in [-0.2, -0.15) is 0 Å². The zero-order valence-corrected chi connectivity index (χ0v) is 11.4. The van der Waals surface area contributed by atoms with E-state index in [0.29, 0.717) is 0 Å². The molecule has 2 rings (SSSR count). The maximum Gasteiger partial charge on any atom is 0.248 e. The summed E-state index contributed by atoms with van der Waals surface area (Å²) >= 11 is 1.61. The van der Waals surface area contributed by atoms with Gasteiger partial charge in [0.15, 0.2) is 0 Å². The average Bonchev–Trinajstić information content (AvgIpc) is 2.83. The van der Waals surface area contributed by atoms with Crippen LogP contribution in [-0.2, 0) is 11.4 Å². The van der Waals surface area contributed by atoms with Crippen molar-refractivity contribution in [2.24, 2.45) is 0 Å². The highest BCUT2D eigenvalue weighted by atomic mass is 32.1. The predicted octanol–water partition coefficient (Wildman–Crippen LogP) is 3.20. The number of carbonyl (C=O) groups is 1. The van der Waals surface area contributed by atoms with E-state index >= 15 is 0 Å². The maximum atomic E-state index is 11.7. The van der Waals surface area contributed by atoms with Gasteiger partial charge >= 0.3 is 0 Å². The molecule has 0 fully saturated rings. The summed E-state index contributed by atoms with van der Waals surface area (Å²) in [6.07, 6.45) is 3.34. The standard InChI is InChI=1S/C15H15NO2S/c1-11-8-9-19-14(11)6-7-15(18)16-13-4-2-12(10-17)3-5-13/h2-9,17H,10H2,1H3,(H,16,18). The van der Waals surface area contributed by atoms with Gasteiger partial charge in [0, 0.05) is 16.6 Å². The number of carbonyl (C=O) groups excluding carboxylic acids is 1. The van der Waals surface area contributed by atoms with E-state index in [1.165, 1.54) is 11.6 Å². The molecule has 0 aliphatic rings. The van der Waals surface area contributed by atoms with Gasteiger partial charge in [-0.15, -0.1) is 11.3 Å². The first-order valence-electron chi connectivity index (χ1n) is 5.92. The molecule has 0 radical (unpaired) electrons. The second kappa shape index (κ2) is 6.31. The van der Waals surface area contributed by atoms with E-state index < -0.39 is 0 Å². The summed E-state index contributed by atoms with van der Waals surface area (Å²) in [5, 5.41) is 13.7. The Labute approximate surface area is 116 Å². The van der Waals surface area contributed by atoms with E-state index in [2.05, 4.69) is 5.32 Å². The van der Waals surface area contributed by atoms with Crippen LogP contribution in [-0.4, -0.2) is 11.0 Å². The molecule has 1 heterocycles. The first-order chi connectivity index (χ1) is 9.19. The third kappa shape index (κ3) is 3.77. The number of benzene rings is 1. The van der Waals surface area contributed by atoms with E-state index in [0.717, 1.165) is 16.1 Å². The van der Waals surface area contributed by atoms with Crippen LogP contribution >= 0.6 is 11.3 Å². The molecule has 0 saturated heterocycles. The van der Waals surface area contributed by atoms with Crippen LogP contribution in [0.5, 0.6) is 0 Å². The third-order valence-electron chi connectivity index (χ3n) is 2.69. The average molecular weight is 273 g/mol. The smallest absolute Gasteiger partial charge is 0.248 e. The molecule has 1 aromatic carbocycles. The normalized spacial score (nSPS) is 10.8. The Balaban J connectivity index is 1.97. The number of nitrogens with one attached hydrogen (secondary N) is 1. The van der Waals surface area contributed by atoms with Crippen molar-refractivity contribution in [1.82, 2.24) is 0 Å². The van der Waals surface area contributed by atoms with E-state index in [1.54, 1.807) is 35.6 Å². The van der Waals surface area contributed by atoms with E-state index in [-0.39, 0.29) is 12.5 Å². The van der Waals surface area contributed by atoms with Gasteiger partial charge in [-0.1, -0.05) is 12.1 Å². The zero-order valence-electron chi connectivity index (χ0n) is 10.6. The van der Waals surface area contributed by atoms with Crippen LogP contribution in [0.15, 0.2) is 41.8 Å². The summed E-state index contributed by atoms with van der Waals surface area (Å²) < 4.78 is 0. The molecule has 0 spiro atoms. The summed E-state index contributed by atoms with van der Waals surface area (Å²) in [5.74, 6) is -0.162. The van der Waals surface area contributed by atoms with Crippen molar-refractivity contribution in [3.63, 3.8) is 0 Å². The van der Waals surface area contributed by atoms with Crippen LogP contribution in [0.25, 0.3) is 6.08 Å². The van der Waals surface area contributed by atoms with Gasteiger partial charge in [0.25, 0.3) is 0 Å². The summed E-state index contributed by atoms with van der Waals surface area (Å²) in [6, 6.07) is 9.13. The molecule has 2 N–H and O–H groups in total. The number of hydrogen-bond donors (Lipinski definition) is 2. The summed E-state index contributed by atoms with van der Waals surface area (Å²) in [7, 11) is 0. The molecular formula is C15H15NO2S. The van der Waals surface area contributed by atoms with Crippen LogP contribution in [0.1, 0.15) is 16.0 Å². The minimum atomic E-state index is -0.162. The summed E-state index contributed by atoms with van der Waals surface area (Å²) in [6.45, 7) is 2.02. The molecule has 0 atom stereocenters. The molecule has 98 valence electrons. The second-order valence-corrected chi connectivity index (χ2v) is 5.09. The number of aliphatic hydroxyl groups excluding tert-OH is 1. The molecule has 2 aromatic rings. The quantitative estimate of drug-likeness (QED) is 0.840. The largest absolute Gasteiger partial charge is 0.392 e. The number of thiophene rings is 1. The molecule has 0 bridgehead atoms. The lowest BCUT2D eigenvalue weighted by atomic mass is 10.2. The minimum absolute atomic E-state index is 0.00574. The Hall–Kier alpha value is -1.91. The van der Waals surface area contributed by atoms with Gasteiger partial charge in [-0.25, -0.2) is 0 Å². The number of aliphatic hydroxyl groups is 1. The topological polar surface area (TPSA) is 49.3 Å². The van der Waals surface area contributed by atoms with Crippen molar-refractivity contribution < 1.29 is 9.90 Å². The zero-order chi connectivity index (χ0) is 13.7. The third-order valence-corrected chi connectivity index (χ3v) is 3.68. The van der Waals surface area contributed by atoms with Crippen molar-refractivity contribution >= 4 is 29.0 Å². The SMILES string of the molecule is Cc1ccsc1C=CC(=O)Nc1ccc(CO)cc1. The van der Waals surface area contributed by atoms with Crippen LogP contribution in [0, 0.1) is 6.92 Å². The van der Waals surface area contributed by atoms with Gasteiger partial charge in [0.1, 0.15) is 0 Å². The van der Waals surface area contributed by atoms with Gasteiger partial charge in [-0.3, -0.25) is 4.79 Å².